The van der Waals surface area contributed by atoms with E-state index in [2.05, 4.69) is 273 Å². The number of aromatic hydroxyl groups is 1. The Kier molecular flexibility index (Phi) is 13.9. The summed E-state index contributed by atoms with van der Waals surface area (Å²) in [4.78, 5) is 5.98. The number of benzene rings is 9. The van der Waals surface area contributed by atoms with Gasteiger partial charge in [0.2, 0.25) is 0 Å². The molecule has 0 spiro atoms. The number of hydrogen-bond donors (Lipinski definition) is 2. The molecule has 0 saturated heterocycles. The second kappa shape index (κ2) is 20.8. The van der Waals surface area contributed by atoms with Crippen molar-refractivity contribution >= 4 is 69.5 Å². The summed E-state index contributed by atoms with van der Waals surface area (Å²) >= 11 is 0. The van der Waals surface area contributed by atoms with Crippen molar-refractivity contribution in [1.82, 2.24) is 4.98 Å². The first kappa shape index (κ1) is 45.9. The fourth-order valence-corrected chi connectivity index (χ4v) is 23.0. The van der Waals surface area contributed by atoms with Gasteiger partial charge in [0.05, 0.1) is 12.3 Å². The van der Waals surface area contributed by atoms with Crippen LogP contribution in [-0.4, -0.2) is 15.2 Å². The summed E-state index contributed by atoms with van der Waals surface area (Å²) in [5, 5.41) is 36.3. The van der Waals surface area contributed by atoms with Gasteiger partial charge < -0.3 is 10.2 Å². The monoisotopic (exact) mass is 950 g/mol. The summed E-state index contributed by atoms with van der Waals surface area (Å²) in [5.74, 6) is 0.0683. The van der Waals surface area contributed by atoms with Crippen molar-refractivity contribution in [2.24, 2.45) is 0 Å². The first-order valence-corrected chi connectivity index (χ1v) is 29.5. The first-order chi connectivity index (χ1) is 34.1. The molecule has 1 aromatic heterocycles. The molecule has 6 heteroatoms. The normalized spacial score (nSPS) is 11.8. The summed E-state index contributed by atoms with van der Waals surface area (Å²) < 4.78 is 0. The lowest BCUT2D eigenvalue weighted by Gasteiger charge is -2.32. The van der Waals surface area contributed by atoms with E-state index in [0.29, 0.717) is 29.7 Å². The van der Waals surface area contributed by atoms with E-state index in [1.54, 1.807) is 0 Å². The third kappa shape index (κ3) is 8.78. The zero-order chi connectivity index (χ0) is 46.9. The Balaban J connectivity index is 1.32. The highest BCUT2D eigenvalue weighted by atomic mass is 31.2. The molecule has 1 heterocycles. The molecule has 0 saturated carbocycles. The Morgan fingerprint density at radius 2 is 0.464 bits per heavy atom. The molecule has 0 atom stereocenters. The highest BCUT2D eigenvalue weighted by molar-refractivity contribution is 7.96. The van der Waals surface area contributed by atoms with Crippen molar-refractivity contribution in [3.8, 4) is 5.75 Å². The fraction of sp³-hybridized carbons (Fsp3) is 0.0635. The van der Waals surface area contributed by atoms with Crippen LogP contribution in [0.4, 0.5) is 0 Å². The van der Waals surface area contributed by atoms with Crippen molar-refractivity contribution in [3.05, 3.63) is 296 Å². The van der Waals surface area contributed by atoms with E-state index in [9.17, 15) is 10.2 Å². The standard InChI is InChI=1S/C63H54NO2P3/c65-46-59-60(47-67(50-28-10-1-11-29-50,51-30-12-2-13-31-51)52-32-14-3-15-33-52)61(48-68(53-34-16-4-17-35-53,54-36-18-5-19-37-54)55-38-20-6-21-39-55)64-62(63(59)66)49-69(56-40-22-7-23-41-56,57-42-24-8-25-43-57)58-44-26-9-27-45-58/h1-45,65H,46-49H2/q+2/p+1. The molecule has 0 aliphatic heterocycles. The highest BCUT2D eigenvalue weighted by Gasteiger charge is 2.52. The topological polar surface area (TPSA) is 53.4 Å². The number of pyridine rings is 1. The maximum Gasteiger partial charge on any atom is 0.146 e. The molecule has 10 rings (SSSR count). The molecule has 0 radical (unpaired) electrons. The van der Waals surface area contributed by atoms with Gasteiger partial charge in [-0.3, -0.25) is 0 Å². The van der Waals surface area contributed by atoms with Crippen molar-refractivity contribution in [2.45, 2.75) is 25.1 Å². The summed E-state index contributed by atoms with van der Waals surface area (Å²) in [5.41, 5.74) is 2.94. The van der Waals surface area contributed by atoms with Crippen LogP contribution in [0.3, 0.4) is 0 Å². The van der Waals surface area contributed by atoms with Gasteiger partial charge in [-0.05, 0) is 109 Å². The third-order valence-electron chi connectivity index (χ3n) is 13.6. The minimum absolute atomic E-state index is 0.0683. The van der Waals surface area contributed by atoms with Crippen LogP contribution >= 0.6 is 21.8 Å². The predicted molar refractivity (Wildman–Crippen MR) is 298 cm³/mol. The van der Waals surface area contributed by atoms with Crippen LogP contribution in [0.2, 0.25) is 0 Å². The van der Waals surface area contributed by atoms with Crippen LogP contribution in [-0.2, 0) is 25.1 Å². The molecule has 0 amide bonds. The Morgan fingerprint density at radius 1 is 0.261 bits per heavy atom. The van der Waals surface area contributed by atoms with E-state index in [4.69, 9.17) is 4.98 Å². The van der Waals surface area contributed by atoms with Crippen LogP contribution in [0.15, 0.2) is 273 Å². The van der Waals surface area contributed by atoms with Gasteiger partial charge in [-0.15, -0.1) is 0 Å². The lowest BCUT2D eigenvalue weighted by atomic mass is 10.1. The number of nitrogens with zero attached hydrogens (tertiary/aromatic N) is 1. The smallest absolute Gasteiger partial charge is 0.146 e. The molecule has 0 unspecified atom stereocenters. The van der Waals surface area contributed by atoms with Crippen LogP contribution in [0.1, 0.15) is 22.5 Å². The van der Waals surface area contributed by atoms with Gasteiger partial charge in [0, 0.05) is 11.1 Å². The average molecular weight is 951 g/mol. The largest absolute Gasteiger partial charge is 0.505 e. The minimum Gasteiger partial charge on any atom is -0.505 e. The molecule has 0 aliphatic rings. The van der Waals surface area contributed by atoms with Crippen molar-refractivity contribution < 1.29 is 10.2 Å². The number of aliphatic hydroxyl groups is 1. The molecule has 9 aromatic carbocycles. The molecule has 2 N–H and O–H groups in total. The van der Waals surface area contributed by atoms with Gasteiger partial charge in [-0.25, -0.2) is 4.98 Å². The molecule has 0 bridgehead atoms. The number of aromatic nitrogens is 1. The Morgan fingerprint density at radius 3 is 0.681 bits per heavy atom. The summed E-state index contributed by atoms with van der Waals surface area (Å²) in [6.45, 7) is -0.358. The molecule has 69 heavy (non-hydrogen) atoms. The number of aliphatic hydroxyl groups excluding tert-OH is 1. The second-order valence-electron chi connectivity index (χ2n) is 17.4. The van der Waals surface area contributed by atoms with Gasteiger partial charge in [-0.1, -0.05) is 164 Å². The van der Waals surface area contributed by atoms with Crippen LogP contribution < -0.4 is 47.7 Å². The first-order valence-electron chi connectivity index (χ1n) is 23.6. The maximum atomic E-state index is 13.3. The Bertz CT molecular complexity index is 2910. The zero-order valence-electron chi connectivity index (χ0n) is 38.5. The van der Waals surface area contributed by atoms with Gasteiger partial charge in [-0.2, -0.15) is 0 Å². The van der Waals surface area contributed by atoms with E-state index < -0.39 is 21.8 Å². The lowest BCUT2D eigenvalue weighted by Crippen LogP contribution is -2.35. The maximum absolute atomic E-state index is 13.3. The van der Waals surface area contributed by atoms with Crippen LogP contribution in [0, 0.1) is 0 Å². The third-order valence-corrected chi connectivity index (χ3v) is 26.6. The van der Waals surface area contributed by atoms with Gasteiger partial charge in [0.1, 0.15) is 99.5 Å². The number of hydrogen-bond acceptors (Lipinski definition) is 3. The summed E-state index contributed by atoms with van der Waals surface area (Å²) in [6.07, 6.45) is 1.54. The molecule has 3 nitrogen and oxygen atoms in total. The van der Waals surface area contributed by atoms with Crippen molar-refractivity contribution in [2.75, 3.05) is 0 Å². The quantitative estimate of drug-likeness (QED) is 0.0949. The van der Waals surface area contributed by atoms with Gasteiger partial charge in [0.15, 0.2) is 0 Å². The van der Waals surface area contributed by atoms with Gasteiger partial charge >= 0.3 is 0 Å². The SMILES string of the molecule is OCc1c(O)c(C[P+](c2ccccc2)(c2ccccc2)c2ccccc2)nc(C[P+](c2ccccc2)(c2ccccc2)c2ccccc2)c1C[P+](c1ccccc1)(c1ccccc1)c1ccccc1. The van der Waals surface area contributed by atoms with Crippen LogP contribution in [0.25, 0.3) is 0 Å². The molecular formula is C63H55NO2P3+3. The van der Waals surface area contributed by atoms with Crippen LogP contribution in [0.5, 0.6) is 5.75 Å². The van der Waals surface area contributed by atoms with E-state index in [-0.39, 0.29) is 12.4 Å². The Labute approximate surface area is 408 Å². The van der Waals surface area contributed by atoms with Crippen molar-refractivity contribution in [3.63, 3.8) is 0 Å². The second-order valence-corrected chi connectivity index (χ2v) is 27.8. The highest BCUT2D eigenvalue weighted by Crippen LogP contribution is 2.64. The average Bonchev–Trinajstić information content (AvgIpc) is 3.44. The molecule has 0 aliphatic carbocycles. The van der Waals surface area contributed by atoms with Crippen molar-refractivity contribution in [1.29, 1.82) is 0 Å². The van der Waals surface area contributed by atoms with E-state index in [0.717, 1.165) is 11.3 Å². The Hall–Kier alpha value is -6.82. The molecule has 10 aromatic rings. The van der Waals surface area contributed by atoms with E-state index in [1.165, 1.54) is 47.7 Å². The lowest BCUT2D eigenvalue weighted by molar-refractivity contribution is 0.273. The van der Waals surface area contributed by atoms with E-state index in [1.807, 2.05) is 0 Å². The predicted octanol–water partition coefficient (Wildman–Crippen LogP) is 10.8. The molecule has 336 valence electrons. The van der Waals surface area contributed by atoms with E-state index >= 15 is 0 Å². The summed E-state index contributed by atoms with van der Waals surface area (Å²) in [6, 6.07) is 98.0. The molecule has 0 fully saturated rings. The summed E-state index contributed by atoms with van der Waals surface area (Å²) in [7, 11) is -7.73. The van der Waals surface area contributed by atoms with Gasteiger partial charge in [0.25, 0.3) is 0 Å². The number of rotatable bonds is 16. The minimum atomic E-state index is -2.59. The molecular weight excluding hydrogens is 896 g/mol. The zero-order valence-corrected chi connectivity index (χ0v) is 41.2. The fourth-order valence-electron chi connectivity index (χ4n) is 10.4.